The van der Waals surface area contributed by atoms with Crippen molar-refractivity contribution in [1.29, 1.82) is 0 Å². The summed E-state index contributed by atoms with van der Waals surface area (Å²) in [5.74, 6) is -0.931. The number of halogens is 4. The second-order valence-electron chi connectivity index (χ2n) is 1.72. The number of rotatable bonds is 2. The molecule has 0 aliphatic heterocycles. The molecule has 0 bridgehead atoms. The predicted octanol–water partition coefficient (Wildman–Crippen LogP) is 1.24. The van der Waals surface area contributed by atoms with Crippen molar-refractivity contribution >= 4 is 24.0 Å². The van der Waals surface area contributed by atoms with E-state index in [1.165, 1.54) is 0 Å². The lowest BCUT2D eigenvalue weighted by atomic mass is 10.6. The van der Waals surface area contributed by atoms with Gasteiger partial charge in [-0.2, -0.15) is 13.8 Å². The van der Waals surface area contributed by atoms with Gasteiger partial charge >= 0.3 is 11.3 Å². The van der Waals surface area contributed by atoms with Crippen LogP contribution in [0.2, 0.25) is 0 Å². The highest BCUT2D eigenvalue weighted by Crippen LogP contribution is 2.30. The van der Waals surface area contributed by atoms with Crippen molar-refractivity contribution in [2.45, 2.75) is 11.9 Å². The van der Waals surface area contributed by atoms with Gasteiger partial charge in [0.2, 0.25) is 0 Å². The molecule has 0 saturated carbocycles. The molecule has 0 aliphatic rings. The van der Waals surface area contributed by atoms with Gasteiger partial charge in [0.1, 0.15) is 0 Å². The molecule has 1 rings (SSSR count). The number of nitrogens with zero attached hydrogens (tertiary/aromatic N) is 2. The van der Waals surface area contributed by atoms with E-state index in [2.05, 4.69) is 26.3 Å². The number of hydrogen-bond acceptors (Lipinski definition) is 4. The summed E-state index contributed by atoms with van der Waals surface area (Å²) in [5.41, 5.74) is 5.03. The van der Waals surface area contributed by atoms with Crippen LogP contribution in [0.4, 0.5) is 8.78 Å². The fourth-order valence-corrected chi connectivity index (χ4v) is 0.529. The Labute approximate surface area is 77.5 Å². The van der Waals surface area contributed by atoms with Crippen LogP contribution in [0.1, 0.15) is 11.7 Å². The molecule has 0 saturated heterocycles. The highest BCUT2D eigenvalue weighted by atomic mass is 35.5. The van der Waals surface area contributed by atoms with Crippen molar-refractivity contribution in [2.75, 3.05) is 0 Å². The molecule has 8 heteroatoms. The highest BCUT2D eigenvalue weighted by Gasteiger charge is 2.35. The first kappa shape index (κ1) is 11.5. The molecule has 1 aromatic heterocycles. The first-order valence-corrected chi connectivity index (χ1v) is 3.01. The molecule has 0 radical (unpaired) electrons. The zero-order valence-electron chi connectivity index (χ0n) is 5.63. The fourth-order valence-electron chi connectivity index (χ4n) is 0.452. The van der Waals surface area contributed by atoms with Crippen molar-refractivity contribution in [3.63, 3.8) is 0 Å². The molecule has 1 heterocycles. The lowest BCUT2D eigenvalue weighted by molar-refractivity contribution is 0.0550. The molecule has 2 N–H and O–H groups in total. The van der Waals surface area contributed by atoms with Gasteiger partial charge in [-0.05, 0) is 11.6 Å². The Hall–Kier alpha value is -0.460. The molecule has 12 heavy (non-hydrogen) atoms. The molecular formula is C4H5Cl2F2N3O. The Balaban J connectivity index is 0.00000121. The van der Waals surface area contributed by atoms with Crippen LogP contribution >= 0.6 is 24.0 Å². The number of nitrogens with two attached hydrogens (primary N) is 1. The molecule has 0 aliphatic carbocycles. The van der Waals surface area contributed by atoms with E-state index < -0.39 is 11.3 Å². The zero-order chi connectivity index (χ0) is 8.48. The van der Waals surface area contributed by atoms with Crippen LogP contribution in [-0.4, -0.2) is 10.1 Å². The summed E-state index contributed by atoms with van der Waals surface area (Å²) >= 11 is 4.56. The minimum atomic E-state index is -3.61. The van der Waals surface area contributed by atoms with Crippen LogP contribution in [0.5, 0.6) is 0 Å². The summed E-state index contributed by atoms with van der Waals surface area (Å²) in [6.07, 6.45) is 0. The van der Waals surface area contributed by atoms with Crippen LogP contribution in [0.3, 0.4) is 0 Å². The fraction of sp³-hybridized carbons (Fsp3) is 0.500. The average molecular weight is 220 g/mol. The van der Waals surface area contributed by atoms with E-state index in [4.69, 9.17) is 5.73 Å². The summed E-state index contributed by atoms with van der Waals surface area (Å²) < 4.78 is 28.4. The summed E-state index contributed by atoms with van der Waals surface area (Å²) in [6, 6.07) is 0. The Kier molecular flexibility index (Phi) is 3.82. The second-order valence-corrected chi connectivity index (χ2v) is 2.19. The third-order valence-corrected chi connectivity index (χ3v) is 1.05. The first-order valence-electron chi connectivity index (χ1n) is 2.64. The van der Waals surface area contributed by atoms with Gasteiger partial charge < -0.3 is 10.3 Å². The lowest BCUT2D eigenvalue weighted by Crippen LogP contribution is -2.04. The molecule has 0 spiro atoms. The quantitative estimate of drug-likeness (QED) is 0.761. The van der Waals surface area contributed by atoms with Crippen LogP contribution in [0.15, 0.2) is 4.52 Å². The molecule has 0 unspecified atom stereocenters. The van der Waals surface area contributed by atoms with Gasteiger partial charge in [-0.25, -0.2) is 0 Å². The van der Waals surface area contributed by atoms with Crippen LogP contribution in [0.25, 0.3) is 0 Å². The minimum absolute atomic E-state index is 0. The number of alkyl halides is 3. The molecule has 0 amide bonds. The van der Waals surface area contributed by atoms with Crippen LogP contribution in [0, 0.1) is 0 Å². The predicted molar refractivity (Wildman–Crippen MR) is 39.2 cm³/mol. The third-order valence-electron chi connectivity index (χ3n) is 0.893. The Morgan fingerprint density at radius 1 is 1.58 bits per heavy atom. The normalized spacial score (nSPS) is 11.0. The standard InChI is InChI=1S/C4H4ClF2N3O.ClH/c5-4(6,7)3-9-2(1-8)10-11-3;/h1,8H2;1H. The van der Waals surface area contributed by atoms with E-state index in [1.54, 1.807) is 0 Å². The van der Waals surface area contributed by atoms with Gasteiger partial charge in [-0.15, -0.1) is 12.4 Å². The highest BCUT2D eigenvalue weighted by molar-refractivity contribution is 6.21. The molecule has 0 fully saturated rings. The van der Waals surface area contributed by atoms with Crippen molar-refractivity contribution in [3.05, 3.63) is 11.7 Å². The first-order chi connectivity index (χ1) is 5.04. The smallest absolute Gasteiger partial charge is 0.331 e. The second kappa shape index (κ2) is 3.97. The molecule has 1 aromatic rings. The maximum absolute atomic E-state index is 12.1. The van der Waals surface area contributed by atoms with Crippen molar-refractivity contribution in [1.82, 2.24) is 10.1 Å². The Bertz CT molecular complexity index is 249. The van der Waals surface area contributed by atoms with E-state index in [-0.39, 0.29) is 24.8 Å². The monoisotopic (exact) mass is 219 g/mol. The van der Waals surface area contributed by atoms with E-state index >= 15 is 0 Å². The van der Waals surface area contributed by atoms with Gasteiger partial charge in [0.05, 0.1) is 6.54 Å². The van der Waals surface area contributed by atoms with E-state index in [0.717, 1.165) is 0 Å². The molecule has 0 atom stereocenters. The van der Waals surface area contributed by atoms with Gasteiger partial charge in [0.25, 0.3) is 0 Å². The van der Waals surface area contributed by atoms with Crippen molar-refractivity contribution in [2.24, 2.45) is 5.73 Å². The molecule has 70 valence electrons. The minimum Gasteiger partial charge on any atom is -0.331 e. The summed E-state index contributed by atoms with van der Waals surface area (Å²) in [6.45, 7) is -0.0591. The van der Waals surface area contributed by atoms with E-state index in [1.807, 2.05) is 0 Å². The van der Waals surface area contributed by atoms with Crippen molar-refractivity contribution in [3.8, 4) is 0 Å². The maximum Gasteiger partial charge on any atom is 0.400 e. The number of aromatic nitrogens is 2. The lowest BCUT2D eigenvalue weighted by Gasteiger charge is -1.97. The Morgan fingerprint density at radius 3 is 2.42 bits per heavy atom. The zero-order valence-corrected chi connectivity index (χ0v) is 7.20. The van der Waals surface area contributed by atoms with Gasteiger partial charge in [0, 0.05) is 0 Å². The van der Waals surface area contributed by atoms with Crippen LogP contribution in [-0.2, 0) is 11.9 Å². The SMILES string of the molecule is Cl.NCc1noc(C(F)(F)Cl)n1. The molecule has 0 aromatic carbocycles. The topological polar surface area (TPSA) is 64.9 Å². The third kappa shape index (κ3) is 2.54. The van der Waals surface area contributed by atoms with Gasteiger partial charge in [0.15, 0.2) is 5.82 Å². The van der Waals surface area contributed by atoms with Gasteiger partial charge in [-0.3, -0.25) is 0 Å². The van der Waals surface area contributed by atoms with Crippen molar-refractivity contribution < 1.29 is 13.3 Å². The van der Waals surface area contributed by atoms with Crippen LogP contribution < -0.4 is 5.73 Å². The molecular weight excluding hydrogens is 215 g/mol. The van der Waals surface area contributed by atoms with E-state index in [0.29, 0.717) is 0 Å². The summed E-state index contributed by atoms with van der Waals surface area (Å²) in [4.78, 5) is 3.22. The van der Waals surface area contributed by atoms with Gasteiger partial charge in [-0.1, -0.05) is 5.16 Å². The summed E-state index contributed by atoms with van der Waals surface area (Å²) in [5, 5.41) is -0.485. The maximum atomic E-state index is 12.1. The largest absolute Gasteiger partial charge is 0.400 e. The summed E-state index contributed by atoms with van der Waals surface area (Å²) in [7, 11) is 0. The Morgan fingerprint density at radius 2 is 2.17 bits per heavy atom. The van der Waals surface area contributed by atoms with E-state index in [9.17, 15) is 8.78 Å². The molecule has 4 nitrogen and oxygen atoms in total. The number of hydrogen-bond donors (Lipinski definition) is 1. The average Bonchev–Trinajstić information content (AvgIpc) is 2.32.